The van der Waals surface area contributed by atoms with E-state index in [9.17, 15) is 22.8 Å². The molecule has 3 fully saturated rings. The van der Waals surface area contributed by atoms with Crippen molar-refractivity contribution in [1.29, 1.82) is 0 Å². The molecule has 3 aliphatic carbocycles. The lowest BCUT2D eigenvalue weighted by Crippen LogP contribution is -2.75. The van der Waals surface area contributed by atoms with Crippen LogP contribution >= 0.6 is 11.6 Å². The fraction of sp³-hybridized carbons (Fsp3) is 0.364. The van der Waals surface area contributed by atoms with E-state index in [-0.39, 0.29) is 46.4 Å². The van der Waals surface area contributed by atoms with Gasteiger partial charge in [0.2, 0.25) is 0 Å². The fourth-order valence-corrected chi connectivity index (χ4v) is 4.90. The smallest absolute Gasteiger partial charge is 0.258 e. The second kappa shape index (κ2) is 7.61. The predicted octanol–water partition coefficient (Wildman–Crippen LogP) is 4.38. The summed E-state index contributed by atoms with van der Waals surface area (Å²) in [5.41, 5.74) is -0.143. The second-order valence-corrected chi connectivity index (χ2v) is 8.80. The third-order valence-corrected chi connectivity index (χ3v) is 6.01. The van der Waals surface area contributed by atoms with Gasteiger partial charge in [0.05, 0.1) is 5.02 Å². The summed E-state index contributed by atoms with van der Waals surface area (Å²) in [6, 6.07) is 7.04. The molecule has 0 spiro atoms. The number of halogens is 4. The van der Waals surface area contributed by atoms with Gasteiger partial charge < -0.3 is 10.1 Å². The summed E-state index contributed by atoms with van der Waals surface area (Å²) < 4.78 is 45.2. The Kier molecular flexibility index (Phi) is 5.26. The van der Waals surface area contributed by atoms with E-state index in [1.54, 1.807) is 0 Å². The van der Waals surface area contributed by atoms with E-state index in [1.807, 2.05) is 0 Å². The Bertz CT molecular complexity index is 987. The Morgan fingerprint density at radius 1 is 1.03 bits per heavy atom. The van der Waals surface area contributed by atoms with Crippen LogP contribution in [-0.4, -0.2) is 23.8 Å². The highest BCUT2D eigenvalue weighted by Crippen LogP contribution is 2.69. The minimum atomic E-state index is -0.700. The number of nitrogens with one attached hydrogen (secondary N) is 1. The molecule has 0 aliphatic heterocycles. The van der Waals surface area contributed by atoms with Gasteiger partial charge in [-0.25, -0.2) is 13.2 Å². The first-order valence-electron chi connectivity index (χ1n) is 9.52. The maximum Gasteiger partial charge on any atom is 0.258 e. The molecule has 0 unspecified atom stereocenters. The average Bonchev–Trinajstić information content (AvgIpc) is 2.59. The minimum Gasteiger partial charge on any atom is -0.484 e. The van der Waals surface area contributed by atoms with Crippen molar-refractivity contribution in [2.75, 3.05) is 6.61 Å². The van der Waals surface area contributed by atoms with Crippen molar-refractivity contribution in [1.82, 2.24) is 5.32 Å². The molecule has 158 valence electrons. The van der Waals surface area contributed by atoms with E-state index >= 15 is 0 Å². The van der Waals surface area contributed by atoms with Crippen molar-refractivity contribution in [2.45, 2.75) is 37.6 Å². The average molecular weight is 438 g/mol. The predicted molar refractivity (Wildman–Crippen MR) is 104 cm³/mol. The standard InChI is InChI=1S/C22H19ClF3NO3/c23-18-2-1-17(7-19(18)26)30-9-20(29)27-22-10-21(11-22,12-22)8-16(28)5-13-3-14(24)6-15(25)4-13/h1-4,6-7H,5,8-12H2,(H,27,29). The minimum absolute atomic E-state index is 0.0126. The fourth-order valence-electron chi connectivity index (χ4n) is 4.79. The largest absolute Gasteiger partial charge is 0.484 e. The highest BCUT2D eigenvalue weighted by molar-refractivity contribution is 6.30. The van der Waals surface area contributed by atoms with E-state index in [4.69, 9.17) is 16.3 Å². The molecule has 2 bridgehead atoms. The van der Waals surface area contributed by atoms with Crippen molar-refractivity contribution >= 4 is 23.3 Å². The van der Waals surface area contributed by atoms with Gasteiger partial charge >= 0.3 is 0 Å². The van der Waals surface area contributed by atoms with Crippen LogP contribution in [0.25, 0.3) is 0 Å². The van der Waals surface area contributed by atoms with E-state index < -0.39 is 17.5 Å². The van der Waals surface area contributed by atoms with Gasteiger partial charge in [-0.05, 0) is 54.5 Å². The lowest BCUT2D eigenvalue weighted by atomic mass is 9.38. The van der Waals surface area contributed by atoms with Crippen LogP contribution < -0.4 is 10.1 Å². The van der Waals surface area contributed by atoms with Gasteiger partial charge in [0.15, 0.2) is 6.61 Å². The van der Waals surface area contributed by atoms with Gasteiger partial charge in [-0.15, -0.1) is 0 Å². The van der Waals surface area contributed by atoms with Crippen LogP contribution in [0.15, 0.2) is 36.4 Å². The molecule has 2 aromatic carbocycles. The Labute approximate surface area is 176 Å². The Morgan fingerprint density at radius 2 is 1.70 bits per heavy atom. The Hall–Kier alpha value is -2.54. The van der Waals surface area contributed by atoms with Gasteiger partial charge in [-0.2, -0.15) is 0 Å². The summed E-state index contributed by atoms with van der Waals surface area (Å²) in [7, 11) is 0. The number of hydrogen-bond acceptors (Lipinski definition) is 3. The number of carbonyl (C=O) groups excluding carboxylic acids is 2. The van der Waals surface area contributed by atoms with Crippen molar-refractivity contribution in [3.8, 4) is 5.75 Å². The molecule has 0 heterocycles. The van der Waals surface area contributed by atoms with Gasteiger partial charge in [-0.1, -0.05) is 11.6 Å². The second-order valence-electron chi connectivity index (χ2n) is 8.39. The SMILES string of the molecule is O=C(Cc1cc(F)cc(F)c1)CC12CC(NC(=O)COc3ccc(Cl)c(F)c3)(C1)C2. The molecule has 5 rings (SSSR count). The maximum absolute atomic E-state index is 13.4. The van der Waals surface area contributed by atoms with E-state index in [0.29, 0.717) is 31.2 Å². The first-order valence-corrected chi connectivity index (χ1v) is 9.89. The van der Waals surface area contributed by atoms with Gasteiger partial charge in [0, 0.05) is 30.5 Å². The maximum atomic E-state index is 13.4. The first-order chi connectivity index (χ1) is 14.2. The zero-order chi connectivity index (χ0) is 21.5. The van der Waals surface area contributed by atoms with Crippen LogP contribution in [0.3, 0.4) is 0 Å². The van der Waals surface area contributed by atoms with Crippen LogP contribution in [0.2, 0.25) is 5.02 Å². The highest BCUT2D eigenvalue weighted by Gasteiger charge is 2.68. The molecule has 1 amide bonds. The topological polar surface area (TPSA) is 55.4 Å². The Balaban J connectivity index is 1.22. The monoisotopic (exact) mass is 437 g/mol. The van der Waals surface area contributed by atoms with Gasteiger partial charge in [-0.3, -0.25) is 9.59 Å². The molecule has 1 N–H and O–H groups in total. The zero-order valence-electron chi connectivity index (χ0n) is 15.9. The summed E-state index contributed by atoms with van der Waals surface area (Å²) in [5.74, 6) is -2.21. The summed E-state index contributed by atoms with van der Waals surface area (Å²) in [5, 5.41) is 2.90. The molecular weight excluding hydrogens is 419 g/mol. The van der Waals surface area contributed by atoms with E-state index in [2.05, 4.69) is 5.32 Å². The van der Waals surface area contributed by atoms with Crippen molar-refractivity contribution in [2.24, 2.45) is 5.41 Å². The number of rotatable bonds is 8. The van der Waals surface area contributed by atoms with Crippen molar-refractivity contribution in [3.05, 3.63) is 64.4 Å². The quantitative estimate of drug-likeness (QED) is 0.667. The van der Waals surface area contributed by atoms with Gasteiger partial charge in [0.25, 0.3) is 5.91 Å². The first kappa shape index (κ1) is 20.7. The zero-order valence-corrected chi connectivity index (χ0v) is 16.7. The van der Waals surface area contributed by atoms with E-state index in [1.165, 1.54) is 12.1 Å². The molecule has 3 saturated carbocycles. The lowest BCUT2D eigenvalue weighted by molar-refractivity contribution is -0.172. The summed E-state index contributed by atoms with van der Waals surface area (Å²) in [4.78, 5) is 24.5. The number of ketones is 1. The molecular formula is C22H19ClF3NO3. The molecule has 0 aromatic heterocycles. The van der Waals surface area contributed by atoms with Crippen LogP contribution in [0, 0.1) is 22.9 Å². The third kappa shape index (κ3) is 4.31. The number of benzene rings is 2. The highest BCUT2D eigenvalue weighted by atomic mass is 35.5. The Morgan fingerprint density at radius 3 is 2.33 bits per heavy atom. The number of amides is 1. The number of Topliss-reactive ketones (excluding diaryl/α,β-unsaturated/α-hetero) is 1. The third-order valence-electron chi connectivity index (χ3n) is 5.70. The van der Waals surface area contributed by atoms with Crippen molar-refractivity contribution in [3.63, 3.8) is 0 Å². The molecule has 3 aliphatic rings. The summed E-state index contributed by atoms with van der Waals surface area (Å²) in [6.07, 6.45) is 2.37. The van der Waals surface area contributed by atoms with Crippen LogP contribution in [-0.2, 0) is 16.0 Å². The van der Waals surface area contributed by atoms with E-state index in [0.717, 1.165) is 24.3 Å². The van der Waals surface area contributed by atoms with Crippen LogP contribution in [0.1, 0.15) is 31.2 Å². The molecule has 0 saturated heterocycles. The normalized spacial score (nSPS) is 23.9. The summed E-state index contributed by atoms with van der Waals surface area (Å²) in [6.45, 7) is -0.250. The molecule has 0 atom stereocenters. The molecule has 2 aromatic rings. The molecule has 30 heavy (non-hydrogen) atoms. The van der Waals surface area contributed by atoms with Crippen LogP contribution in [0.4, 0.5) is 13.2 Å². The molecule has 4 nitrogen and oxygen atoms in total. The molecule has 0 radical (unpaired) electrons. The number of hydrogen-bond donors (Lipinski definition) is 1. The van der Waals surface area contributed by atoms with Gasteiger partial charge in [0.1, 0.15) is 29.0 Å². The molecule has 8 heteroatoms. The summed E-state index contributed by atoms with van der Waals surface area (Å²) >= 11 is 5.60. The number of carbonyl (C=O) groups is 2. The van der Waals surface area contributed by atoms with Crippen LogP contribution in [0.5, 0.6) is 5.75 Å². The number of ether oxygens (including phenoxy) is 1. The van der Waals surface area contributed by atoms with Crippen molar-refractivity contribution < 1.29 is 27.5 Å². The lowest BCUT2D eigenvalue weighted by Gasteiger charge is -2.70.